The van der Waals surface area contributed by atoms with Crippen molar-refractivity contribution in [2.75, 3.05) is 20.2 Å². The number of rotatable bonds is 7. The monoisotopic (exact) mass is 416 g/mol. The van der Waals surface area contributed by atoms with Gasteiger partial charge in [-0.3, -0.25) is 4.79 Å². The number of hydrogen-bond acceptors (Lipinski definition) is 4. The summed E-state index contributed by atoms with van der Waals surface area (Å²) in [6.45, 7) is 3.14. The third-order valence-electron chi connectivity index (χ3n) is 5.25. The van der Waals surface area contributed by atoms with Gasteiger partial charge in [0.25, 0.3) is 0 Å². The minimum Gasteiger partial charge on any atom is -0.497 e. The highest BCUT2D eigenvalue weighted by molar-refractivity contribution is 7.88. The van der Waals surface area contributed by atoms with Crippen molar-refractivity contribution in [3.05, 3.63) is 65.2 Å². The molecule has 0 aliphatic carbocycles. The Hall–Kier alpha value is -2.38. The molecule has 1 heterocycles. The van der Waals surface area contributed by atoms with Crippen molar-refractivity contribution < 1.29 is 17.9 Å². The van der Waals surface area contributed by atoms with Gasteiger partial charge in [0, 0.05) is 25.6 Å². The number of nitrogens with zero attached hydrogens (tertiary/aromatic N) is 1. The Labute approximate surface area is 172 Å². The van der Waals surface area contributed by atoms with Crippen LogP contribution in [0, 0.1) is 12.8 Å². The summed E-state index contributed by atoms with van der Waals surface area (Å²) in [6.07, 6.45) is 1.08. The number of benzene rings is 2. The molecule has 0 saturated carbocycles. The van der Waals surface area contributed by atoms with Gasteiger partial charge >= 0.3 is 0 Å². The normalized spacial score (nSPS) is 15.8. The Balaban J connectivity index is 1.50. The lowest BCUT2D eigenvalue weighted by Crippen LogP contribution is -2.43. The molecule has 1 aliphatic rings. The molecule has 0 unspecified atom stereocenters. The molecule has 0 bridgehead atoms. The minimum atomic E-state index is -3.38. The van der Waals surface area contributed by atoms with E-state index in [9.17, 15) is 13.2 Å². The zero-order chi connectivity index (χ0) is 20.9. The van der Waals surface area contributed by atoms with Gasteiger partial charge in [-0.1, -0.05) is 42.0 Å². The Morgan fingerprint density at radius 3 is 2.48 bits per heavy atom. The van der Waals surface area contributed by atoms with Crippen LogP contribution in [0.3, 0.4) is 0 Å². The lowest BCUT2D eigenvalue weighted by Gasteiger charge is -2.30. The minimum absolute atomic E-state index is 0.00137. The van der Waals surface area contributed by atoms with E-state index in [0.717, 1.165) is 22.4 Å². The second-order valence-electron chi connectivity index (χ2n) is 7.49. The molecule has 0 atom stereocenters. The zero-order valence-electron chi connectivity index (χ0n) is 16.9. The molecule has 1 saturated heterocycles. The summed E-state index contributed by atoms with van der Waals surface area (Å²) in [6, 6.07) is 15.1. The van der Waals surface area contributed by atoms with Crippen LogP contribution in [0.25, 0.3) is 0 Å². The highest BCUT2D eigenvalue weighted by Gasteiger charge is 2.31. The molecule has 1 amide bonds. The summed E-state index contributed by atoms with van der Waals surface area (Å²) in [5, 5.41) is 2.96. The van der Waals surface area contributed by atoms with E-state index >= 15 is 0 Å². The quantitative estimate of drug-likeness (QED) is 0.753. The first kappa shape index (κ1) is 21.3. The predicted octanol–water partition coefficient (Wildman–Crippen LogP) is 2.86. The van der Waals surface area contributed by atoms with Gasteiger partial charge in [0.05, 0.1) is 12.9 Å². The average molecular weight is 417 g/mol. The summed E-state index contributed by atoms with van der Waals surface area (Å²) in [7, 11) is -1.77. The average Bonchev–Trinajstić information content (AvgIpc) is 2.72. The third-order valence-corrected chi connectivity index (χ3v) is 7.10. The number of amides is 1. The lowest BCUT2D eigenvalue weighted by molar-refractivity contribution is -0.126. The van der Waals surface area contributed by atoms with Crippen LogP contribution in [0.4, 0.5) is 0 Å². The molecule has 7 heteroatoms. The Morgan fingerprint density at radius 1 is 1.10 bits per heavy atom. The van der Waals surface area contributed by atoms with E-state index in [1.165, 1.54) is 4.31 Å². The SMILES string of the molecule is COc1cccc(CNC(=O)C2CCN(S(=O)(=O)Cc3cccc(C)c3)CC2)c1. The van der Waals surface area contributed by atoms with Crippen LogP contribution in [0.15, 0.2) is 48.5 Å². The molecule has 29 heavy (non-hydrogen) atoms. The second kappa shape index (κ2) is 9.41. The maximum atomic E-state index is 12.7. The topological polar surface area (TPSA) is 75.7 Å². The van der Waals surface area contributed by atoms with Gasteiger partial charge in [-0.2, -0.15) is 0 Å². The first-order chi connectivity index (χ1) is 13.9. The van der Waals surface area contributed by atoms with Gasteiger partial charge in [-0.05, 0) is 43.0 Å². The number of sulfonamides is 1. The first-order valence-corrected chi connectivity index (χ1v) is 11.4. The largest absolute Gasteiger partial charge is 0.497 e. The second-order valence-corrected chi connectivity index (χ2v) is 9.46. The molecule has 0 spiro atoms. The zero-order valence-corrected chi connectivity index (χ0v) is 17.7. The molecule has 6 nitrogen and oxygen atoms in total. The van der Waals surface area contributed by atoms with E-state index in [2.05, 4.69) is 5.32 Å². The smallest absolute Gasteiger partial charge is 0.223 e. The van der Waals surface area contributed by atoms with Gasteiger partial charge in [-0.25, -0.2) is 12.7 Å². The number of nitrogens with one attached hydrogen (secondary N) is 1. The Bertz CT molecular complexity index is 951. The molecule has 0 aromatic heterocycles. The Morgan fingerprint density at radius 2 is 1.79 bits per heavy atom. The van der Waals surface area contributed by atoms with Crippen LogP contribution >= 0.6 is 0 Å². The van der Waals surface area contributed by atoms with Crippen LogP contribution in [-0.4, -0.2) is 38.8 Å². The molecule has 3 rings (SSSR count). The van der Waals surface area contributed by atoms with E-state index in [1.807, 2.05) is 55.5 Å². The highest BCUT2D eigenvalue weighted by Crippen LogP contribution is 2.22. The Kier molecular flexibility index (Phi) is 6.92. The summed E-state index contributed by atoms with van der Waals surface area (Å²) in [4.78, 5) is 12.5. The maximum Gasteiger partial charge on any atom is 0.223 e. The summed E-state index contributed by atoms with van der Waals surface area (Å²) in [5.41, 5.74) is 2.81. The van der Waals surface area contributed by atoms with E-state index in [1.54, 1.807) is 7.11 Å². The number of ether oxygens (including phenoxy) is 1. The highest BCUT2D eigenvalue weighted by atomic mass is 32.2. The van der Waals surface area contributed by atoms with E-state index in [-0.39, 0.29) is 17.6 Å². The first-order valence-electron chi connectivity index (χ1n) is 9.81. The summed E-state index contributed by atoms with van der Waals surface area (Å²) >= 11 is 0. The molecule has 0 radical (unpaired) electrons. The van der Waals surface area contributed by atoms with Crippen molar-refractivity contribution in [3.8, 4) is 5.75 Å². The molecule has 1 N–H and O–H groups in total. The van der Waals surface area contributed by atoms with Gasteiger partial charge in [0.15, 0.2) is 0 Å². The van der Waals surface area contributed by atoms with Crippen LogP contribution in [-0.2, 0) is 27.1 Å². The van der Waals surface area contributed by atoms with Gasteiger partial charge in [0.2, 0.25) is 15.9 Å². The fourth-order valence-corrected chi connectivity index (χ4v) is 5.17. The third kappa shape index (κ3) is 5.81. The number of hydrogen-bond donors (Lipinski definition) is 1. The number of carbonyl (C=O) groups excluding carboxylic acids is 1. The van der Waals surface area contributed by atoms with E-state index in [4.69, 9.17) is 4.74 Å². The van der Waals surface area contributed by atoms with Gasteiger partial charge < -0.3 is 10.1 Å². The molecule has 2 aromatic rings. The predicted molar refractivity (Wildman–Crippen MR) is 113 cm³/mol. The van der Waals surface area contributed by atoms with E-state index < -0.39 is 10.0 Å². The van der Waals surface area contributed by atoms with Crippen LogP contribution in [0.1, 0.15) is 29.5 Å². The van der Waals surface area contributed by atoms with Crippen molar-refractivity contribution in [1.29, 1.82) is 0 Å². The number of aryl methyl sites for hydroxylation is 1. The molecular weight excluding hydrogens is 388 g/mol. The van der Waals surface area contributed by atoms with Gasteiger partial charge in [0.1, 0.15) is 5.75 Å². The fourth-order valence-electron chi connectivity index (χ4n) is 3.62. The number of piperidine rings is 1. The van der Waals surface area contributed by atoms with Crippen LogP contribution in [0.5, 0.6) is 5.75 Å². The van der Waals surface area contributed by atoms with Crippen LogP contribution in [0.2, 0.25) is 0 Å². The molecule has 1 aliphatic heterocycles. The number of methoxy groups -OCH3 is 1. The standard InChI is InChI=1S/C22H28N2O4S/c1-17-5-3-7-19(13-17)16-29(26,27)24-11-9-20(10-12-24)22(25)23-15-18-6-4-8-21(14-18)28-2/h3-8,13-14,20H,9-12,15-16H2,1-2H3,(H,23,25). The number of carbonyl (C=O) groups is 1. The molecule has 156 valence electrons. The molecular formula is C22H28N2O4S. The summed E-state index contributed by atoms with van der Waals surface area (Å²) < 4.78 is 32.2. The maximum absolute atomic E-state index is 12.7. The van der Waals surface area contributed by atoms with Gasteiger partial charge in [-0.15, -0.1) is 0 Å². The summed E-state index contributed by atoms with van der Waals surface area (Å²) in [5.74, 6) is 0.569. The van der Waals surface area contributed by atoms with Crippen molar-refractivity contribution in [3.63, 3.8) is 0 Å². The molecule has 2 aromatic carbocycles. The van der Waals surface area contributed by atoms with Crippen molar-refractivity contribution >= 4 is 15.9 Å². The van der Waals surface area contributed by atoms with Crippen molar-refractivity contribution in [2.24, 2.45) is 5.92 Å². The van der Waals surface area contributed by atoms with Crippen molar-refractivity contribution in [1.82, 2.24) is 9.62 Å². The lowest BCUT2D eigenvalue weighted by atomic mass is 9.97. The molecule has 1 fully saturated rings. The fraction of sp³-hybridized carbons (Fsp3) is 0.409. The van der Waals surface area contributed by atoms with Crippen LogP contribution < -0.4 is 10.1 Å². The van der Waals surface area contributed by atoms with E-state index in [0.29, 0.717) is 32.5 Å². The van der Waals surface area contributed by atoms with Crippen molar-refractivity contribution in [2.45, 2.75) is 32.1 Å².